The summed E-state index contributed by atoms with van der Waals surface area (Å²) in [6, 6.07) is 2.98. The molecule has 0 amide bonds. The fourth-order valence-electron chi connectivity index (χ4n) is 2.23. The van der Waals surface area contributed by atoms with Crippen molar-refractivity contribution in [1.82, 2.24) is 10.0 Å². The third kappa shape index (κ3) is 4.39. The van der Waals surface area contributed by atoms with E-state index in [1.54, 1.807) is 0 Å². The average Bonchev–Trinajstić information content (AvgIpc) is 2.97. The highest BCUT2D eigenvalue weighted by atomic mass is 35.5. The summed E-state index contributed by atoms with van der Waals surface area (Å²) >= 11 is 0. The number of methoxy groups -OCH3 is 1. The molecule has 1 atom stereocenters. The van der Waals surface area contributed by atoms with E-state index in [1.165, 1.54) is 0 Å². The summed E-state index contributed by atoms with van der Waals surface area (Å²) in [6.07, 6.45) is 1.88. The first-order valence-electron chi connectivity index (χ1n) is 6.55. The Morgan fingerprint density at radius 2 is 2.23 bits per heavy atom. The molecule has 1 unspecified atom stereocenters. The predicted octanol–water partition coefficient (Wildman–Crippen LogP) is 1.06. The number of rotatable bonds is 5. The van der Waals surface area contributed by atoms with Crippen LogP contribution in [0.5, 0.6) is 0 Å². The largest absolute Gasteiger partial charge is 0.465 e. The maximum atomic E-state index is 13.2. The average molecular weight is 353 g/mol. The number of carbonyl (C=O) groups is 1. The summed E-state index contributed by atoms with van der Waals surface area (Å²) in [5.74, 6) is -1.60. The van der Waals surface area contributed by atoms with E-state index in [4.69, 9.17) is 0 Å². The van der Waals surface area contributed by atoms with Gasteiger partial charge in [0.25, 0.3) is 0 Å². The van der Waals surface area contributed by atoms with Crippen molar-refractivity contribution in [3.05, 3.63) is 29.6 Å². The molecule has 1 saturated heterocycles. The van der Waals surface area contributed by atoms with Crippen molar-refractivity contribution in [1.29, 1.82) is 0 Å². The lowest BCUT2D eigenvalue weighted by atomic mass is 10.2. The second-order valence-corrected chi connectivity index (χ2v) is 6.51. The van der Waals surface area contributed by atoms with E-state index in [0.717, 1.165) is 44.7 Å². The Labute approximate surface area is 134 Å². The smallest absolute Gasteiger partial charge is 0.339 e. The normalized spacial score (nSPS) is 17.8. The van der Waals surface area contributed by atoms with Crippen molar-refractivity contribution >= 4 is 28.4 Å². The molecule has 6 nitrogen and oxygen atoms in total. The molecular formula is C13H18ClFN2O4S. The van der Waals surface area contributed by atoms with Gasteiger partial charge in [-0.1, -0.05) is 0 Å². The highest BCUT2D eigenvalue weighted by Gasteiger charge is 2.25. The van der Waals surface area contributed by atoms with Crippen molar-refractivity contribution in [2.75, 3.05) is 20.2 Å². The second-order valence-electron chi connectivity index (χ2n) is 4.78. The number of halogens is 2. The quantitative estimate of drug-likeness (QED) is 0.774. The first-order valence-corrected chi connectivity index (χ1v) is 8.03. The van der Waals surface area contributed by atoms with Crippen molar-refractivity contribution in [2.45, 2.75) is 23.8 Å². The van der Waals surface area contributed by atoms with Gasteiger partial charge >= 0.3 is 5.97 Å². The minimum Gasteiger partial charge on any atom is -0.465 e. The van der Waals surface area contributed by atoms with Crippen molar-refractivity contribution in [2.24, 2.45) is 0 Å². The molecular weight excluding hydrogens is 335 g/mol. The fourth-order valence-corrected chi connectivity index (χ4v) is 3.48. The number of carbonyl (C=O) groups excluding carboxylic acids is 1. The molecule has 1 aromatic rings. The van der Waals surface area contributed by atoms with Crippen LogP contribution < -0.4 is 10.0 Å². The Bertz CT molecular complexity index is 633. The Morgan fingerprint density at radius 1 is 1.50 bits per heavy atom. The summed E-state index contributed by atoms with van der Waals surface area (Å²) < 4.78 is 44.7. The SMILES string of the molecule is COC(=O)c1cc(F)ccc1S(=O)(=O)NCC1CCCN1.Cl. The standard InChI is InChI=1S/C13H17FN2O4S.ClH/c1-20-13(17)11-7-9(14)4-5-12(11)21(18,19)16-8-10-3-2-6-15-10;/h4-5,7,10,15-16H,2-3,6,8H2,1H3;1H. The van der Waals surface area contributed by atoms with E-state index in [2.05, 4.69) is 14.8 Å². The lowest BCUT2D eigenvalue weighted by Gasteiger charge is -2.13. The van der Waals surface area contributed by atoms with Gasteiger partial charge in [-0.25, -0.2) is 22.3 Å². The Morgan fingerprint density at radius 3 is 2.82 bits per heavy atom. The van der Waals surface area contributed by atoms with Crippen LogP contribution in [0.15, 0.2) is 23.1 Å². The molecule has 0 bridgehead atoms. The molecule has 9 heteroatoms. The third-order valence-electron chi connectivity index (χ3n) is 3.32. The molecule has 1 aliphatic rings. The summed E-state index contributed by atoms with van der Waals surface area (Å²) in [4.78, 5) is 11.3. The number of hydrogen-bond donors (Lipinski definition) is 2. The molecule has 0 aromatic heterocycles. The summed E-state index contributed by atoms with van der Waals surface area (Å²) in [5.41, 5.74) is -0.315. The maximum Gasteiger partial charge on any atom is 0.339 e. The van der Waals surface area contributed by atoms with E-state index >= 15 is 0 Å². The van der Waals surface area contributed by atoms with E-state index < -0.39 is 21.8 Å². The minimum atomic E-state index is -3.91. The second kappa shape index (κ2) is 7.87. The van der Waals surface area contributed by atoms with E-state index in [1.807, 2.05) is 0 Å². The van der Waals surface area contributed by atoms with Crippen LogP contribution in [0, 0.1) is 5.82 Å². The van der Waals surface area contributed by atoms with Crippen LogP contribution in [-0.2, 0) is 14.8 Å². The van der Waals surface area contributed by atoms with Crippen LogP contribution in [0.2, 0.25) is 0 Å². The zero-order chi connectivity index (χ0) is 15.5. The highest BCUT2D eigenvalue weighted by Crippen LogP contribution is 2.18. The molecule has 0 saturated carbocycles. The van der Waals surface area contributed by atoms with Gasteiger partial charge < -0.3 is 10.1 Å². The molecule has 1 heterocycles. The van der Waals surface area contributed by atoms with E-state index in [9.17, 15) is 17.6 Å². The molecule has 1 fully saturated rings. The van der Waals surface area contributed by atoms with Gasteiger partial charge in [0.05, 0.1) is 17.6 Å². The lowest BCUT2D eigenvalue weighted by molar-refractivity contribution is 0.0595. The monoisotopic (exact) mass is 352 g/mol. The molecule has 22 heavy (non-hydrogen) atoms. The van der Waals surface area contributed by atoms with Crippen LogP contribution in [0.1, 0.15) is 23.2 Å². The number of ether oxygens (including phenoxy) is 1. The fraction of sp³-hybridized carbons (Fsp3) is 0.462. The van der Waals surface area contributed by atoms with Crippen LogP contribution in [0.25, 0.3) is 0 Å². The molecule has 0 aliphatic carbocycles. The molecule has 0 spiro atoms. The summed E-state index contributed by atoms with van der Waals surface area (Å²) in [6.45, 7) is 1.08. The van der Waals surface area contributed by atoms with E-state index in [-0.39, 0.29) is 35.5 Å². The predicted molar refractivity (Wildman–Crippen MR) is 81.2 cm³/mol. The molecule has 2 rings (SSSR count). The zero-order valence-corrected chi connectivity index (χ0v) is 13.6. The Kier molecular flexibility index (Phi) is 6.73. The van der Waals surface area contributed by atoms with Crippen LogP contribution in [0.3, 0.4) is 0 Å². The Balaban J connectivity index is 0.00000242. The van der Waals surface area contributed by atoms with Crippen molar-refractivity contribution < 1.29 is 22.3 Å². The van der Waals surface area contributed by atoms with Gasteiger partial charge in [-0.3, -0.25) is 0 Å². The topological polar surface area (TPSA) is 84.5 Å². The summed E-state index contributed by atoms with van der Waals surface area (Å²) in [7, 11) is -2.80. The Hall–Kier alpha value is -1.22. The van der Waals surface area contributed by atoms with Gasteiger partial charge in [-0.15, -0.1) is 12.4 Å². The van der Waals surface area contributed by atoms with Gasteiger partial charge in [-0.2, -0.15) is 0 Å². The van der Waals surface area contributed by atoms with Crippen molar-refractivity contribution in [3.63, 3.8) is 0 Å². The zero-order valence-electron chi connectivity index (χ0n) is 12.0. The number of nitrogens with one attached hydrogen (secondary N) is 2. The number of benzene rings is 1. The van der Waals surface area contributed by atoms with Crippen molar-refractivity contribution in [3.8, 4) is 0 Å². The molecule has 124 valence electrons. The molecule has 0 radical (unpaired) electrons. The van der Waals surface area contributed by atoms with Crippen LogP contribution in [-0.4, -0.2) is 40.6 Å². The first-order chi connectivity index (χ1) is 9.94. The molecule has 1 aliphatic heterocycles. The van der Waals surface area contributed by atoms with Gasteiger partial charge in [0.2, 0.25) is 10.0 Å². The van der Waals surface area contributed by atoms with Crippen LogP contribution in [0.4, 0.5) is 4.39 Å². The number of esters is 1. The van der Waals surface area contributed by atoms with Gasteiger partial charge in [-0.05, 0) is 37.6 Å². The third-order valence-corrected chi connectivity index (χ3v) is 4.80. The number of sulfonamides is 1. The minimum absolute atomic E-state index is 0. The lowest BCUT2D eigenvalue weighted by Crippen LogP contribution is -2.37. The van der Waals surface area contributed by atoms with Gasteiger partial charge in [0.15, 0.2) is 0 Å². The number of hydrogen-bond acceptors (Lipinski definition) is 5. The van der Waals surface area contributed by atoms with E-state index in [0.29, 0.717) is 0 Å². The van der Waals surface area contributed by atoms with Crippen LogP contribution >= 0.6 is 12.4 Å². The summed E-state index contributed by atoms with van der Waals surface area (Å²) in [5, 5.41) is 3.16. The highest BCUT2D eigenvalue weighted by molar-refractivity contribution is 7.89. The van der Waals surface area contributed by atoms with Gasteiger partial charge in [0.1, 0.15) is 5.82 Å². The van der Waals surface area contributed by atoms with Gasteiger partial charge in [0, 0.05) is 12.6 Å². The molecule has 2 N–H and O–H groups in total. The first kappa shape index (κ1) is 18.8. The maximum absolute atomic E-state index is 13.2. The molecule has 1 aromatic carbocycles.